The van der Waals surface area contributed by atoms with Gasteiger partial charge in [-0.3, -0.25) is 19.3 Å². The number of carboxylic acids is 1. The van der Waals surface area contributed by atoms with Crippen molar-refractivity contribution >= 4 is 63.7 Å². The molecule has 19 heteroatoms. The summed E-state index contributed by atoms with van der Waals surface area (Å²) >= 11 is 3.12. The number of rotatable bonds is 10. The second kappa shape index (κ2) is 11.2. The van der Waals surface area contributed by atoms with E-state index < -0.39 is 40.6 Å². The molecule has 4 rings (SSSR count). The van der Waals surface area contributed by atoms with Gasteiger partial charge in [0.15, 0.2) is 10.3 Å². The zero-order valence-corrected chi connectivity index (χ0v) is 21.9. The second-order valence-electron chi connectivity index (χ2n) is 7.53. The molecule has 0 aromatic carbocycles. The number of oxime groups is 1. The van der Waals surface area contributed by atoms with Crippen molar-refractivity contribution in [1.82, 2.24) is 34.3 Å². The molecule has 1 saturated heterocycles. The molecule has 16 nitrogen and oxygen atoms in total. The van der Waals surface area contributed by atoms with E-state index in [1.807, 2.05) is 0 Å². The van der Waals surface area contributed by atoms with Gasteiger partial charge in [-0.05, 0) is 5.57 Å². The summed E-state index contributed by atoms with van der Waals surface area (Å²) in [6, 6.07) is -1.04. The number of thioether (sulfide) groups is 2. The Balaban J connectivity index is 1.51. The first-order chi connectivity index (χ1) is 18.1. The number of carbonyl (C=O) groups excluding carboxylic acids is 2. The fourth-order valence-electron chi connectivity index (χ4n) is 3.39. The molecule has 0 spiro atoms. The number of nitrogens with two attached hydrogens (primary N) is 1. The molecule has 38 heavy (non-hydrogen) atoms. The Kier molecular flexibility index (Phi) is 7.97. The summed E-state index contributed by atoms with van der Waals surface area (Å²) in [4.78, 5) is 63.4. The van der Waals surface area contributed by atoms with Gasteiger partial charge in [0.05, 0.1) is 0 Å². The lowest BCUT2D eigenvalue weighted by Gasteiger charge is -2.49. The third kappa shape index (κ3) is 5.34. The molecule has 0 radical (unpaired) electrons. The Morgan fingerprint density at radius 1 is 1.39 bits per heavy atom. The number of fused-ring (bicyclic) bond motifs is 1. The van der Waals surface area contributed by atoms with Crippen molar-refractivity contribution in [2.45, 2.75) is 16.6 Å². The Hall–Kier alpha value is -3.97. The lowest BCUT2D eigenvalue weighted by molar-refractivity contribution is -0.150. The number of aliphatic carboxylic acids is 1. The molecule has 2 aliphatic heterocycles. The SMILES string of the molecule is C=CCON=C(C(=O)NC1C(=O)N2C(C(=O)O)=C(CSc3nc(=O)c(O)nn3C)CS[C@@H]12)c1nsc(N)n1. The largest absolute Gasteiger partial charge is 0.488 e. The number of carboxylic acid groups (broad SMARTS) is 1. The minimum Gasteiger partial charge on any atom is -0.488 e. The molecule has 5 N–H and O–H groups in total. The van der Waals surface area contributed by atoms with Crippen LogP contribution in [0.3, 0.4) is 0 Å². The van der Waals surface area contributed by atoms with Crippen molar-refractivity contribution in [2.75, 3.05) is 23.8 Å². The van der Waals surface area contributed by atoms with E-state index in [4.69, 9.17) is 10.6 Å². The highest BCUT2D eigenvalue weighted by atomic mass is 32.2. The van der Waals surface area contributed by atoms with Crippen LogP contribution < -0.4 is 16.6 Å². The number of hydrogen-bond acceptors (Lipinski definition) is 15. The van der Waals surface area contributed by atoms with Crippen LogP contribution in [-0.2, 0) is 26.3 Å². The van der Waals surface area contributed by atoms with E-state index in [2.05, 4.69) is 36.5 Å². The van der Waals surface area contributed by atoms with Crippen molar-refractivity contribution in [2.24, 2.45) is 12.2 Å². The quantitative estimate of drug-likeness (QED) is 0.0642. The zero-order chi connectivity index (χ0) is 27.6. The smallest absolute Gasteiger partial charge is 0.352 e. The van der Waals surface area contributed by atoms with Crippen LogP contribution in [0, 0.1) is 0 Å². The highest BCUT2D eigenvalue weighted by Crippen LogP contribution is 2.41. The number of nitrogens with one attached hydrogen (secondary N) is 1. The number of aryl methyl sites for hydroxylation is 1. The Labute approximate surface area is 225 Å². The number of amides is 2. The van der Waals surface area contributed by atoms with Crippen LogP contribution in [0.1, 0.15) is 5.82 Å². The summed E-state index contributed by atoms with van der Waals surface area (Å²) in [5.41, 5.74) is 4.57. The van der Waals surface area contributed by atoms with E-state index in [0.717, 1.165) is 28.2 Å². The van der Waals surface area contributed by atoms with Gasteiger partial charge in [0, 0.05) is 30.1 Å². The summed E-state index contributed by atoms with van der Waals surface area (Å²) < 4.78 is 5.13. The van der Waals surface area contributed by atoms with E-state index >= 15 is 0 Å². The molecular weight excluding hydrogens is 562 g/mol. The van der Waals surface area contributed by atoms with Gasteiger partial charge in [-0.25, -0.2) is 9.48 Å². The maximum atomic E-state index is 13.0. The molecule has 1 fully saturated rings. The second-order valence-corrected chi connectivity index (χ2v) is 10.4. The minimum absolute atomic E-state index is 0.00244. The van der Waals surface area contributed by atoms with Crippen LogP contribution >= 0.6 is 35.1 Å². The number of β-lactam (4-membered cyclic amide) rings is 1. The van der Waals surface area contributed by atoms with Crippen LogP contribution in [0.25, 0.3) is 0 Å². The summed E-state index contributed by atoms with van der Waals surface area (Å²) in [7, 11) is 1.47. The average molecular weight is 582 g/mol. The van der Waals surface area contributed by atoms with Gasteiger partial charge in [-0.2, -0.15) is 14.3 Å². The van der Waals surface area contributed by atoms with Crippen molar-refractivity contribution in [3.05, 3.63) is 40.1 Å². The van der Waals surface area contributed by atoms with Crippen LogP contribution in [-0.4, -0.2) is 92.3 Å². The summed E-state index contributed by atoms with van der Waals surface area (Å²) in [5.74, 6) is -3.30. The number of nitrogens with zero attached hydrogens (tertiary/aromatic N) is 7. The summed E-state index contributed by atoms with van der Waals surface area (Å²) in [6.07, 6.45) is 1.41. The monoisotopic (exact) mass is 581 g/mol. The maximum absolute atomic E-state index is 13.0. The van der Waals surface area contributed by atoms with Gasteiger partial charge in [0.2, 0.25) is 11.5 Å². The van der Waals surface area contributed by atoms with Gasteiger partial charge in [0.25, 0.3) is 17.7 Å². The Bertz CT molecular complexity index is 1440. The highest BCUT2D eigenvalue weighted by molar-refractivity contribution is 8.01. The molecule has 200 valence electrons. The first-order valence-corrected chi connectivity index (χ1v) is 13.3. The molecular formula is C19H19N9O7S3. The number of aromatic hydroxyl groups is 1. The number of anilines is 1. The lowest BCUT2D eigenvalue weighted by atomic mass is 10.0. The van der Waals surface area contributed by atoms with Crippen LogP contribution in [0.5, 0.6) is 5.88 Å². The first-order valence-electron chi connectivity index (χ1n) is 10.5. The molecule has 0 aliphatic carbocycles. The predicted molar refractivity (Wildman–Crippen MR) is 136 cm³/mol. The Morgan fingerprint density at radius 3 is 2.82 bits per heavy atom. The lowest BCUT2D eigenvalue weighted by Crippen LogP contribution is -2.71. The van der Waals surface area contributed by atoms with Crippen LogP contribution in [0.15, 0.2) is 39.0 Å². The molecule has 2 atom stereocenters. The van der Waals surface area contributed by atoms with E-state index in [-0.39, 0.29) is 45.6 Å². The molecule has 2 aliphatic rings. The molecule has 0 bridgehead atoms. The number of aromatic nitrogens is 5. The predicted octanol–water partition coefficient (Wildman–Crippen LogP) is -1.25. The third-order valence-electron chi connectivity index (χ3n) is 5.04. The minimum atomic E-state index is -1.32. The van der Waals surface area contributed by atoms with Crippen molar-refractivity contribution in [3.63, 3.8) is 0 Å². The Morgan fingerprint density at radius 2 is 2.16 bits per heavy atom. The molecule has 1 unspecified atom stereocenters. The van der Waals surface area contributed by atoms with E-state index in [1.165, 1.54) is 29.6 Å². The zero-order valence-electron chi connectivity index (χ0n) is 19.4. The van der Waals surface area contributed by atoms with Crippen molar-refractivity contribution in [3.8, 4) is 5.88 Å². The number of nitrogen functional groups attached to an aromatic ring is 1. The molecule has 0 saturated carbocycles. The van der Waals surface area contributed by atoms with Crippen LogP contribution in [0.4, 0.5) is 5.13 Å². The summed E-state index contributed by atoms with van der Waals surface area (Å²) in [5, 5.41) is 28.7. The van der Waals surface area contributed by atoms with Gasteiger partial charge >= 0.3 is 11.5 Å². The average Bonchev–Trinajstić information content (AvgIpc) is 3.31. The van der Waals surface area contributed by atoms with Gasteiger partial charge < -0.3 is 26.1 Å². The molecule has 4 heterocycles. The number of hydrogen-bond donors (Lipinski definition) is 4. The topological polar surface area (TPSA) is 228 Å². The van der Waals surface area contributed by atoms with E-state index in [0.29, 0.717) is 5.57 Å². The van der Waals surface area contributed by atoms with E-state index in [9.17, 15) is 29.4 Å². The van der Waals surface area contributed by atoms with Gasteiger partial charge in [-0.1, -0.05) is 29.6 Å². The molecule has 2 amide bonds. The van der Waals surface area contributed by atoms with Crippen LogP contribution in [0.2, 0.25) is 0 Å². The third-order valence-corrected chi connectivity index (χ3v) is 8.03. The van der Waals surface area contributed by atoms with Crippen molar-refractivity contribution < 1.29 is 29.4 Å². The maximum Gasteiger partial charge on any atom is 0.352 e. The fourth-order valence-corrected chi connectivity index (χ4v) is 6.21. The fraction of sp³-hybridized carbons (Fsp3) is 0.316. The summed E-state index contributed by atoms with van der Waals surface area (Å²) in [6.45, 7) is 3.49. The molecule has 2 aromatic rings. The molecule has 2 aromatic heterocycles. The first kappa shape index (κ1) is 27.1. The van der Waals surface area contributed by atoms with Gasteiger partial charge in [0.1, 0.15) is 23.7 Å². The standard InChI is InChI=1S/C19H19N9O7S3/c1-3-4-35-25-8(11-22-18(20)38-26-11)12(29)21-9-15(32)28-10(17(33)34)7(5-36-16(9)28)6-37-19-23-13(30)14(31)24-27(19)2/h3,9,16H,1,4-6H2,2H3,(H,21,29)(H,24,31)(H,33,34)(H2,20,22,26)/t9?,16-/m0/s1. The normalized spacial score (nSPS) is 19.0. The van der Waals surface area contributed by atoms with E-state index in [1.54, 1.807) is 0 Å². The van der Waals surface area contributed by atoms with Gasteiger partial charge in [-0.15, -0.1) is 16.9 Å². The van der Waals surface area contributed by atoms with Crippen molar-refractivity contribution in [1.29, 1.82) is 0 Å². The highest BCUT2D eigenvalue weighted by Gasteiger charge is 2.54. The number of carbonyl (C=O) groups is 3.